The highest BCUT2D eigenvalue weighted by Crippen LogP contribution is 2.45. The molecule has 0 saturated heterocycles. The Labute approximate surface area is 322 Å². The van der Waals surface area contributed by atoms with Gasteiger partial charge in [0.15, 0.2) is 0 Å². The highest BCUT2D eigenvalue weighted by Gasteiger charge is 2.23. The summed E-state index contributed by atoms with van der Waals surface area (Å²) in [5.41, 5.74) is 12.0. The molecule has 262 valence electrons. The van der Waals surface area contributed by atoms with Gasteiger partial charge in [-0.15, -0.1) is 0 Å². The van der Waals surface area contributed by atoms with Crippen molar-refractivity contribution in [1.82, 2.24) is 9.13 Å². The summed E-state index contributed by atoms with van der Waals surface area (Å²) >= 11 is 0. The highest BCUT2D eigenvalue weighted by atomic mass is 16.3. The van der Waals surface area contributed by atoms with Crippen LogP contribution in [0.3, 0.4) is 0 Å². The minimum atomic E-state index is 0.916. The van der Waals surface area contributed by atoms with Crippen LogP contribution in [-0.2, 0) is 0 Å². The molecule has 3 heterocycles. The lowest BCUT2D eigenvalue weighted by molar-refractivity contribution is 0.677. The summed E-state index contributed by atoms with van der Waals surface area (Å²) in [6, 6.07) is 71.7. The first kappa shape index (κ1) is 30.9. The molecule has 12 aromatic rings. The maximum absolute atomic E-state index is 7.14. The number of anilines is 3. The Bertz CT molecular complexity index is 3460. The molecule has 3 aromatic heterocycles. The maximum Gasteiger partial charge on any atom is 0.145 e. The second-order valence-corrected chi connectivity index (χ2v) is 14.5. The molecular weight excluding hydrogens is 683 g/mol. The van der Waals surface area contributed by atoms with Crippen LogP contribution in [0.2, 0.25) is 0 Å². The van der Waals surface area contributed by atoms with Crippen molar-refractivity contribution in [3.63, 3.8) is 0 Å². The Kier molecular flexibility index (Phi) is 6.60. The number of hydrogen-bond donors (Lipinski definition) is 0. The van der Waals surface area contributed by atoms with Gasteiger partial charge < -0.3 is 18.5 Å². The maximum atomic E-state index is 7.14. The van der Waals surface area contributed by atoms with E-state index in [4.69, 9.17) is 4.42 Å². The summed E-state index contributed by atoms with van der Waals surface area (Å²) in [6.45, 7) is 0. The van der Waals surface area contributed by atoms with E-state index >= 15 is 0 Å². The first-order chi connectivity index (χ1) is 27.8. The van der Waals surface area contributed by atoms with Gasteiger partial charge in [0.1, 0.15) is 11.2 Å². The van der Waals surface area contributed by atoms with E-state index in [0.717, 1.165) is 83.2 Å². The van der Waals surface area contributed by atoms with E-state index in [1.807, 2.05) is 0 Å². The van der Waals surface area contributed by atoms with Crippen LogP contribution in [0.5, 0.6) is 0 Å². The van der Waals surface area contributed by atoms with Crippen LogP contribution in [0.4, 0.5) is 17.1 Å². The van der Waals surface area contributed by atoms with Gasteiger partial charge in [-0.05, 0) is 96.4 Å². The van der Waals surface area contributed by atoms with Crippen LogP contribution in [-0.4, -0.2) is 9.13 Å². The van der Waals surface area contributed by atoms with E-state index in [9.17, 15) is 0 Å². The van der Waals surface area contributed by atoms with Gasteiger partial charge in [-0.2, -0.15) is 0 Å². The summed E-state index contributed by atoms with van der Waals surface area (Å²) in [5.74, 6) is 0. The van der Waals surface area contributed by atoms with Crippen molar-refractivity contribution in [3.05, 3.63) is 200 Å². The molecule has 4 heteroatoms. The van der Waals surface area contributed by atoms with Crippen molar-refractivity contribution in [2.75, 3.05) is 4.90 Å². The van der Waals surface area contributed by atoms with Crippen molar-refractivity contribution >= 4 is 93.4 Å². The average molecular weight is 716 g/mol. The minimum Gasteiger partial charge on any atom is -0.455 e. The van der Waals surface area contributed by atoms with Gasteiger partial charge in [-0.1, -0.05) is 109 Å². The Hall–Kier alpha value is -7.56. The van der Waals surface area contributed by atoms with Gasteiger partial charge in [0.25, 0.3) is 0 Å². The fourth-order valence-corrected chi connectivity index (χ4v) is 9.09. The normalized spacial score (nSPS) is 11.9. The van der Waals surface area contributed by atoms with Crippen molar-refractivity contribution in [3.8, 4) is 11.4 Å². The average Bonchev–Trinajstić information content (AvgIpc) is 3.92. The monoisotopic (exact) mass is 715 g/mol. The molecule has 0 unspecified atom stereocenters. The number of hydrogen-bond acceptors (Lipinski definition) is 2. The van der Waals surface area contributed by atoms with E-state index in [-0.39, 0.29) is 0 Å². The van der Waals surface area contributed by atoms with Crippen LogP contribution in [0.1, 0.15) is 0 Å². The third kappa shape index (κ3) is 4.41. The van der Waals surface area contributed by atoms with Crippen molar-refractivity contribution in [2.24, 2.45) is 0 Å². The largest absolute Gasteiger partial charge is 0.455 e. The first-order valence-corrected chi connectivity index (χ1v) is 19.1. The topological polar surface area (TPSA) is 26.2 Å². The molecule has 0 fully saturated rings. The van der Waals surface area contributed by atoms with Gasteiger partial charge in [-0.3, -0.25) is 0 Å². The third-order valence-electron chi connectivity index (χ3n) is 11.5. The Morgan fingerprint density at radius 3 is 1.43 bits per heavy atom. The lowest BCUT2D eigenvalue weighted by atomic mass is 10.1. The first-order valence-electron chi connectivity index (χ1n) is 19.1. The van der Waals surface area contributed by atoms with Crippen LogP contribution >= 0.6 is 0 Å². The van der Waals surface area contributed by atoms with Crippen LogP contribution in [0.25, 0.3) is 87.7 Å². The molecular formula is C52H33N3O. The molecule has 0 saturated carbocycles. The lowest BCUT2D eigenvalue weighted by Gasteiger charge is -2.27. The van der Waals surface area contributed by atoms with Gasteiger partial charge in [0.05, 0.1) is 38.5 Å². The Morgan fingerprint density at radius 2 is 0.804 bits per heavy atom. The SMILES string of the molecule is c1ccc(N(c2ccc(-n3c4ccccc4c4c5oc6c(ccc7c6c6ccccc6n7-c6ccccc6)c5ccc43)cc2)c2cccc3ccccc23)cc1. The molecule has 0 aliphatic carbocycles. The predicted octanol–water partition coefficient (Wildman–Crippen LogP) is 14.4. The van der Waals surface area contributed by atoms with Crippen molar-refractivity contribution < 1.29 is 4.42 Å². The predicted molar refractivity (Wildman–Crippen MR) is 235 cm³/mol. The van der Waals surface area contributed by atoms with E-state index < -0.39 is 0 Å². The highest BCUT2D eigenvalue weighted by molar-refractivity contribution is 6.29. The molecule has 0 aliphatic heterocycles. The standard InChI is InChI=1S/C52H33N3O/c1-3-16-35(17-4-1)53(44-25-13-15-34-14-7-8-20-39(34)44)37-26-28-38(29-27-37)55-46-24-12-10-22-43(46)50-48(55)33-31-41-40-30-32-47-49(51(40)56-52(41)50)42-21-9-11-23-45(42)54(47)36-18-5-2-6-19-36/h1-33H. The smallest absolute Gasteiger partial charge is 0.145 e. The number of benzene rings is 9. The summed E-state index contributed by atoms with van der Waals surface area (Å²) in [6.07, 6.45) is 0. The van der Waals surface area contributed by atoms with E-state index in [0.29, 0.717) is 0 Å². The quantitative estimate of drug-likeness (QED) is 0.177. The van der Waals surface area contributed by atoms with E-state index in [2.05, 4.69) is 214 Å². The van der Waals surface area contributed by atoms with Crippen molar-refractivity contribution in [2.45, 2.75) is 0 Å². The van der Waals surface area contributed by atoms with E-state index in [1.54, 1.807) is 0 Å². The molecule has 9 aromatic carbocycles. The molecule has 0 N–H and O–H groups in total. The van der Waals surface area contributed by atoms with Crippen LogP contribution < -0.4 is 4.90 Å². The van der Waals surface area contributed by atoms with Gasteiger partial charge in [-0.25, -0.2) is 0 Å². The molecule has 0 amide bonds. The number of fused-ring (bicyclic) bond motifs is 12. The molecule has 56 heavy (non-hydrogen) atoms. The molecule has 0 aliphatic rings. The van der Waals surface area contributed by atoms with Crippen LogP contribution in [0.15, 0.2) is 205 Å². The number of nitrogens with zero attached hydrogens (tertiary/aromatic N) is 3. The molecule has 0 atom stereocenters. The molecule has 0 spiro atoms. The second-order valence-electron chi connectivity index (χ2n) is 14.5. The number of rotatable bonds is 5. The number of aromatic nitrogens is 2. The Morgan fingerprint density at radius 1 is 0.321 bits per heavy atom. The summed E-state index contributed by atoms with van der Waals surface area (Å²) < 4.78 is 11.9. The fraction of sp³-hybridized carbons (Fsp3) is 0. The van der Waals surface area contributed by atoms with E-state index in [1.165, 1.54) is 21.5 Å². The zero-order valence-electron chi connectivity index (χ0n) is 30.3. The molecule has 4 nitrogen and oxygen atoms in total. The zero-order chi connectivity index (χ0) is 36.7. The summed E-state index contributed by atoms with van der Waals surface area (Å²) in [4.78, 5) is 2.35. The lowest BCUT2D eigenvalue weighted by Crippen LogP contribution is -2.10. The van der Waals surface area contributed by atoms with Crippen LogP contribution in [0, 0.1) is 0 Å². The summed E-state index contributed by atoms with van der Waals surface area (Å²) in [5, 5.41) is 9.29. The molecule has 0 bridgehead atoms. The molecule has 12 rings (SSSR count). The fourth-order valence-electron chi connectivity index (χ4n) is 9.09. The Balaban J connectivity index is 1.07. The third-order valence-corrected chi connectivity index (χ3v) is 11.5. The van der Waals surface area contributed by atoms with Gasteiger partial charge in [0.2, 0.25) is 0 Å². The second kappa shape index (κ2) is 12.0. The number of para-hydroxylation sites is 4. The summed E-state index contributed by atoms with van der Waals surface area (Å²) in [7, 11) is 0. The number of furan rings is 1. The van der Waals surface area contributed by atoms with Crippen molar-refractivity contribution in [1.29, 1.82) is 0 Å². The van der Waals surface area contributed by atoms with Gasteiger partial charge in [0, 0.05) is 49.7 Å². The zero-order valence-corrected chi connectivity index (χ0v) is 30.3. The molecule has 0 radical (unpaired) electrons. The minimum absolute atomic E-state index is 0.916. The van der Waals surface area contributed by atoms with Gasteiger partial charge >= 0.3 is 0 Å².